The van der Waals surface area contributed by atoms with Crippen LogP contribution in [0.25, 0.3) is 10.8 Å². The fourth-order valence-corrected chi connectivity index (χ4v) is 4.02. The second kappa shape index (κ2) is 9.23. The number of aromatic amines is 1. The van der Waals surface area contributed by atoms with E-state index in [0.717, 1.165) is 55.6 Å². The highest BCUT2D eigenvalue weighted by atomic mass is 16.6. The molecule has 8 heteroatoms. The topological polar surface area (TPSA) is 87.5 Å². The van der Waals surface area contributed by atoms with E-state index in [1.54, 1.807) is 6.92 Å². The highest BCUT2D eigenvalue weighted by Crippen LogP contribution is 2.28. The van der Waals surface area contributed by atoms with Gasteiger partial charge in [0, 0.05) is 39.6 Å². The Morgan fingerprint density at radius 1 is 1.20 bits per heavy atom. The maximum Gasteiger partial charge on any atom is 0.365 e. The first kappa shape index (κ1) is 20.3. The number of nitro groups is 1. The Morgan fingerprint density at radius 2 is 1.97 bits per heavy atom. The van der Waals surface area contributed by atoms with Crippen molar-refractivity contribution in [3.63, 3.8) is 0 Å². The van der Waals surface area contributed by atoms with E-state index < -0.39 is 0 Å². The highest BCUT2D eigenvalue weighted by molar-refractivity contribution is 5.85. The molecule has 3 aromatic rings. The van der Waals surface area contributed by atoms with Crippen LogP contribution in [0.2, 0.25) is 0 Å². The highest BCUT2D eigenvalue weighted by Gasteiger charge is 2.24. The van der Waals surface area contributed by atoms with Gasteiger partial charge in [0.15, 0.2) is 5.82 Å². The molecule has 2 heterocycles. The Morgan fingerprint density at radius 3 is 2.77 bits per heavy atom. The number of hydrogen-bond acceptors (Lipinski definition) is 6. The summed E-state index contributed by atoms with van der Waals surface area (Å²) in [5.41, 5.74) is 1.13. The number of ether oxygens (including phenoxy) is 1. The van der Waals surface area contributed by atoms with E-state index in [0.29, 0.717) is 24.7 Å². The molecule has 1 N–H and O–H groups in total. The molecule has 8 nitrogen and oxygen atoms in total. The van der Waals surface area contributed by atoms with Crippen LogP contribution in [-0.2, 0) is 11.3 Å². The minimum absolute atomic E-state index is 0.0425. The fraction of sp³-hybridized carbons (Fsp3) is 0.409. The third-order valence-electron chi connectivity index (χ3n) is 5.51. The molecular formula is C22H27N5O3. The number of nitrogens with one attached hydrogen (secondary N) is 1. The standard InChI is InChI=1S/C22H27N5O3/c1-17-23-21(22(24-17)27(28)29)26(11-5-10-25-12-14-30-15-13-25)16-19-8-4-7-18-6-2-3-9-20(18)19/h2-4,6-9H,5,10-16H2,1H3,(H,23,24). The average Bonchev–Trinajstić information content (AvgIpc) is 3.16. The van der Waals surface area contributed by atoms with Gasteiger partial charge >= 0.3 is 5.82 Å². The van der Waals surface area contributed by atoms with Crippen LogP contribution < -0.4 is 4.90 Å². The maximum absolute atomic E-state index is 11.6. The number of imidazole rings is 1. The van der Waals surface area contributed by atoms with E-state index in [9.17, 15) is 10.1 Å². The molecule has 0 amide bonds. The minimum Gasteiger partial charge on any atom is -0.379 e. The van der Waals surface area contributed by atoms with Crippen molar-refractivity contribution < 1.29 is 9.66 Å². The Hall–Kier alpha value is -2.97. The molecule has 0 bridgehead atoms. The van der Waals surface area contributed by atoms with Gasteiger partial charge in [-0.15, -0.1) is 0 Å². The summed E-state index contributed by atoms with van der Waals surface area (Å²) < 4.78 is 5.42. The molecule has 0 aliphatic carbocycles. The smallest absolute Gasteiger partial charge is 0.365 e. The molecule has 0 unspecified atom stereocenters. The van der Waals surface area contributed by atoms with Gasteiger partial charge in [-0.2, -0.15) is 4.98 Å². The second-order valence-corrected chi connectivity index (χ2v) is 7.62. The molecule has 0 saturated carbocycles. The van der Waals surface area contributed by atoms with E-state index in [1.807, 2.05) is 23.1 Å². The summed E-state index contributed by atoms with van der Waals surface area (Å²) in [7, 11) is 0. The van der Waals surface area contributed by atoms with Crippen molar-refractivity contribution in [2.45, 2.75) is 19.9 Å². The van der Waals surface area contributed by atoms with Crippen molar-refractivity contribution in [3.8, 4) is 0 Å². The number of benzene rings is 2. The molecule has 1 aliphatic rings. The Balaban J connectivity index is 1.59. The second-order valence-electron chi connectivity index (χ2n) is 7.62. The van der Waals surface area contributed by atoms with Crippen LogP contribution in [0.3, 0.4) is 0 Å². The molecule has 0 atom stereocenters. The van der Waals surface area contributed by atoms with E-state index in [2.05, 4.69) is 39.1 Å². The number of H-pyrrole nitrogens is 1. The van der Waals surface area contributed by atoms with Crippen LogP contribution in [0.5, 0.6) is 0 Å². The van der Waals surface area contributed by atoms with Crippen molar-refractivity contribution >= 4 is 22.4 Å². The normalized spacial score (nSPS) is 14.8. The summed E-state index contributed by atoms with van der Waals surface area (Å²) in [4.78, 5) is 22.9. The zero-order valence-corrected chi connectivity index (χ0v) is 17.2. The molecule has 1 saturated heterocycles. The van der Waals surface area contributed by atoms with E-state index >= 15 is 0 Å². The lowest BCUT2D eigenvalue weighted by molar-refractivity contribution is -0.388. The first-order valence-corrected chi connectivity index (χ1v) is 10.3. The minimum atomic E-state index is -0.382. The van der Waals surface area contributed by atoms with E-state index in [4.69, 9.17) is 4.74 Å². The number of nitrogens with zero attached hydrogens (tertiary/aromatic N) is 4. The molecule has 0 spiro atoms. The molecule has 1 fully saturated rings. The number of morpholine rings is 1. The molecule has 1 aromatic heterocycles. The number of aryl methyl sites for hydroxylation is 1. The number of fused-ring (bicyclic) bond motifs is 1. The monoisotopic (exact) mass is 409 g/mol. The summed E-state index contributed by atoms with van der Waals surface area (Å²) in [5.74, 6) is 0.916. The Labute approximate surface area is 175 Å². The van der Waals surface area contributed by atoms with Crippen LogP contribution in [0, 0.1) is 17.0 Å². The molecule has 4 rings (SSSR count). The maximum atomic E-state index is 11.6. The lowest BCUT2D eigenvalue weighted by Crippen LogP contribution is -2.38. The number of rotatable bonds is 8. The van der Waals surface area contributed by atoms with Crippen molar-refractivity contribution in [2.75, 3.05) is 44.3 Å². The third kappa shape index (κ3) is 4.60. The van der Waals surface area contributed by atoms with Crippen LogP contribution in [0.15, 0.2) is 42.5 Å². The first-order chi connectivity index (χ1) is 14.6. The van der Waals surface area contributed by atoms with Crippen molar-refractivity contribution in [1.29, 1.82) is 0 Å². The predicted octanol–water partition coefficient (Wildman–Crippen LogP) is 3.51. The summed E-state index contributed by atoms with van der Waals surface area (Å²) in [6.07, 6.45) is 0.897. The van der Waals surface area contributed by atoms with Crippen LogP contribution >= 0.6 is 0 Å². The Kier molecular flexibility index (Phi) is 6.25. The van der Waals surface area contributed by atoms with Gasteiger partial charge in [-0.1, -0.05) is 42.5 Å². The van der Waals surface area contributed by atoms with Gasteiger partial charge in [0.1, 0.15) is 0 Å². The average molecular weight is 409 g/mol. The van der Waals surface area contributed by atoms with Gasteiger partial charge in [0.25, 0.3) is 0 Å². The summed E-state index contributed by atoms with van der Waals surface area (Å²) in [6.45, 7) is 7.34. The lowest BCUT2D eigenvalue weighted by Gasteiger charge is -2.28. The first-order valence-electron chi connectivity index (χ1n) is 10.3. The molecule has 2 aromatic carbocycles. The zero-order chi connectivity index (χ0) is 20.9. The lowest BCUT2D eigenvalue weighted by atomic mass is 10.0. The molecule has 0 radical (unpaired) electrons. The summed E-state index contributed by atoms with van der Waals surface area (Å²) >= 11 is 0. The van der Waals surface area contributed by atoms with Crippen molar-refractivity contribution in [2.24, 2.45) is 0 Å². The largest absolute Gasteiger partial charge is 0.379 e. The third-order valence-corrected chi connectivity index (χ3v) is 5.51. The number of anilines is 1. The quantitative estimate of drug-likeness (QED) is 0.453. The van der Waals surface area contributed by atoms with Gasteiger partial charge in [-0.25, -0.2) is 4.98 Å². The molecular weight excluding hydrogens is 382 g/mol. The fourth-order valence-electron chi connectivity index (χ4n) is 4.02. The zero-order valence-electron chi connectivity index (χ0n) is 17.2. The van der Waals surface area contributed by atoms with Crippen LogP contribution in [0.4, 0.5) is 11.6 Å². The van der Waals surface area contributed by atoms with Crippen LogP contribution in [-0.4, -0.2) is 59.2 Å². The molecule has 158 valence electrons. The molecule has 30 heavy (non-hydrogen) atoms. The van der Waals surface area contributed by atoms with E-state index in [-0.39, 0.29) is 10.7 Å². The summed E-state index contributed by atoms with van der Waals surface area (Å²) in [5, 5.41) is 13.9. The predicted molar refractivity (Wildman–Crippen MR) is 117 cm³/mol. The van der Waals surface area contributed by atoms with Gasteiger partial charge in [-0.3, -0.25) is 4.90 Å². The Bertz CT molecular complexity index is 1010. The van der Waals surface area contributed by atoms with Crippen molar-refractivity contribution in [3.05, 3.63) is 64.0 Å². The van der Waals surface area contributed by atoms with E-state index in [1.165, 1.54) is 0 Å². The van der Waals surface area contributed by atoms with Crippen LogP contribution in [0.1, 0.15) is 17.8 Å². The van der Waals surface area contributed by atoms with Gasteiger partial charge in [-0.05, 0) is 27.7 Å². The van der Waals surface area contributed by atoms with Gasteiger partial charge in [0.05, 0.1) is 13.2 Å². The number of hydrogen-bond donors (Lipinski definition) is 1. The molecule has 1 aliphatic heterocycles. The van der Waals surface area contributed by atoms with Gasteiger partial charge in [0.2, 0.25) is 5.82 Å². The van der Waals surface area contributed by atoms with Crippen molar-refractivity contribution in [1.82, 2.24) is 14.9 Å². The number of aromatic nitrogens is 2. The summed E-state index contributed by atoms with van der Waals surface area (Å²) in [6, 6.07) is 14.4. The SMILES string of the molecule is Cc1nc(N(CCCN2CCOCC2)Cc2cccc3ccccc23)c([N+](=O)[O-])[nH]1. The van der Waals surface area contributed by atoms with Gasteiger partial charge < -0.3 is 19.8 Å².